The Morgan fingerprint density at radius 2 is 1.95 bits per heavy atom. The van der Waals surface area contributed by atoms with Gasteiger partial charge in [0.2, 0.25) is 0 Å². The van der Waals surface area contributed by atoms with Crippen molar-refractivity contribution in [3.05, 3.63) is 29.8 Å². The van der Waals surface area contributed by atoms with Crippen molar-refractivity contribution in [3.8, 4) is 5.75 Å². The molecular formula is C17H25NO3. The first-order valence-corrected chi connectivity index (χ1v) is 7.90. The van der Waals surface area contributed by atoms with E-state index in [1.807, 2.05) is 19.1 Å². The first-order valence-electron chi connectivity index (χ1n) is 7.90. The molecule has 1 fully saturated rings. The second-order valence-corrected chi connectivity index (χ2v) is 5.40. The zero-order valence-electron chi connectivity index (χ0n) is 12.8. The zero-order valence-corrected chi connectivity index (χ0v) is 12.8. The van der Waals surface area contributed by atoms with Gasteiger partial charge in [0.1, 0.15) is 5.75 Å². The number of esters is 1. The Bertz CT molecular complexity index is 424. The molecule has 1 aromatic carbocycles. The quantitative estimate of drug-likeness (QED) is 0.591. The second kappa shape index (κ2) is 8.67. The molecule has 0 heterocycles. The van der Waals surface area contributed by atoms with Gasteiger partial charge in [0.05, 0.1) is 19.1 Å². The van der Waals surface area contributed by atoms with E-state index in [4.69, 9.17) is 9.47 Å². The van der Waals surface area contributed by atoms with Crippen LogP contribution in [0.4, 0.5) is 0 Å². The van der Waals surface area contributed by atoms with Crippen LogP contribution in [0, 0.1) is 0 Å². The van der Waals surface area contributed by atoms with Crippen LogP contribution in [-0.2, 0) is 16.1 Å². The Balaban J connectivity index is 1.66. The van der Waals surface area contributed by atoms with Gasteiger partial charge in [-0.25, -0.2) is 0 Å². The lowest BCUT2D eigenvalue weighted by Crippen LogP contribution is -2.19. The first-order chi connectivity index (χ1) is 10.3. The lowest BCUT2D eigenvalue weighted by molar-refractivity contribution is -0.142. The lowest BCUT2D eigenvalue weighted by Gasteiger charge is -2.13. The molecule has 1 aliphatic carbocycles. The van der Waals surface area contributed by atoms with E-state index in [1.165, 1.54) is 31.2 Å². The normalized spacial score (nSPS) is 15.1. The van der Waals surface area contributed by atoms with Crippen molar-refractivity contribution in [3.63, 3.8) is 0 Å². The minimum atomic E-state index is -0.148. The molecule has 4 heteroatoms. The highest BCUT2D eigenvalue weighted by Crippen LogP contribution is 2.24. The van der Waals surface area contributed by atoms with E-state index < -0.39 is 0 Å². The SMILES string of the molecule is CCOC(=O)CCNCc1ccc(OC2CCCC2)cc1. The van der Waals surface area contributed by atoms with Crippen LogP contribution in [0.5, 0.6) is 5.75 Å². The molecule has 1 saturated carbocycles. The Labute approximate surface area is 126 Å². The van der Waals surface area contributed by atoms with Gasteiger partial charge in [0.15, 0.2) is 0 Å². The van der Waals surface area contributed by atoms with Crippen LogP contribution < -0.4 is 10.1 Å². The number of rotatable bonds is 8. The number of hydrogen-bond acceptors (Lipinski definition) is 4. The first kappa shape index (κ1) is 15.8. The molecule has 0 amide bonds. The molecule has 0 saturated heterocycles. The second-order valence-electron chi connectivity index (χ2n) is 5.40. The zero-order chi connectivity index (χ0) is 14.9. The Kier molecular flexibility index (Phi) is 6.54. The number of carbonyl (C=O) groups excluding carboxylic acids is 1. The standard InChI is InChI=1S/C17H25NO3/c1-2-20-17(19)11-12-18-13-14-7-9-16(10-8-14)21-15-5-3-4-6-15/h7-10,15,18H,2-6,11-13H2,1H3. The minimum absolute atomic E-state index is 0.148. The molecule has 21 heavy (non-hydrogen) atoms. The monoisotopic (exact) mass is 291 g/mol. The van der Waals surface area contributed by atoms with Crippen LogP contribution in [0.3, 0.4) is 0 Å². The summed E-state index contributed by atoms with van der Waals surface area (Å²) in [5, 5.41) is 3.24. The van der Waals surface area contributed by atoms with Gasteiger partial charge in [-0.1, -0.05) is 12.1 Å². The van der Waals surface area contributed by atoms with Crippen LogP contribution in [-0.4, -0.2) is 25.2 Å². The van der Waals surface area contributed by atoms with Crippen molar-refractivity contribution in [2.24, 2.45) is 0 Å². The fourth-order valence-corrected chi connectivity index (χ4v) is 2.54. The lowest BCUT2D eigenvalue weighted by atomic mass is 10.2. The average Bonchev–Trinajstić information content (AvgIpc) is 2.98. The highest BCUT2D eigenvalue weighted by Gasteiger charge is 2.16. The molecule has 1 aliphatic rings. The van der Waals surface area contributed by atoms with Gasteiger partial charge in [-0.3, -0.25) is 4.79 Å². The van der Waals surface area contributed by atoms with Gasteiger partial charge in [0.25, 0.3) is 0 Å². The predicted molar refractivity (Wildman–Crippen MR) is 82.3 cm³/mol. The Morgan fingerprint density at radius 3 is 2.62 bits per heavy atom. The average molecular weight is 291 g/mol. The third-order valence-electron chi connectivity index (χ3n) is 3.67. The number of benzene rings is 1. The third-order valence-corrected chi connectivity index (χ3v) is 3.67. The van der Waals surface area contributed by atoms with Gasteiger partial charge < -0.3 is 14.8 Å². The molecule has 0 aromatic heterocycles. The van der Waals surface area contributed by atoms with E-state index in [-0.39, 0.29) is 5.97 Å². The predicted octanol–water partition coefficient (Wildman–Crippen LogP) is 3.05. The summed E-state index contributed by atoms with van der Waals surface area (Å²) in [6.45, 7) is 3.66. The van der Waals surface area contributed by atoms with E-state index in [1.54, 1.807) is 0 Å². The number of nitrogens with one attached hydrogen (secondary N) is 1. The molecule has 0 spiro atoms. The highest BCUT2D eigenvalue weighted by atomic mass is 16.5. The van der Waals surface area contributed by atoms with Crippen molar-refractivity contribution in [1.82, 2.24) is 5.32 Å². The van der Waals surface area contributed by atoms with Gasteiger partial charge >= 0.3 is 5.97 Å². The number of carbonyl (C=O) groups is 1. The van der Waals surface area contributed by atoms with Crippen molar-refractivity contribution >= 4 is 5.97 Å². The van der Waals surface area contributed by atoms with E-state index in [2.05, 4.69) is 17.4 Å². The summed E-state index contributed by atoms with van der Waals surface area (Å²) in [7, 11) is 0. The van der Waals surface area contributed by atoms with Crippen molar-refractivity contribution in [2.75, 3.05) is 13.2 Å². The fraction of sp³-hybridized carbons (Fsp3) is 0.588. The van der Waals surface area contributed by atoms with Gasteiger partial charge in [-0.15, -0.1) is 0 Å². The van der Waals surface area contributed by atoms with Gasteiger partial charge in [-0.05, 0) is 50.3 Å². The van der Waals surface area contributed by atoms with E-state index in [0.717, 1.165) is 12.3 Å². The molecule has 2 rings (SSSR count). The molecule has 0 atom stereocenters. The smallest absolute Gasteiger partial charge is 0.307 e. The molecule has 116 valence electrons. The van der Waals surface area contributed by atoms with Crippen molar-refractivity contribution < 1.29 is 14.3 Å². The van der Waals surface area contributed by atoms with Crippen molar-refractivity contribution in [2.45, 2.75) is 51.7 Å². The van der Waals surface area contributed by atoms with Crippen LogP contribution in [0.2, 0.25) is 0 Å². The molecular weight excluding hydrogens is 266 g/mol. The largest absolute Gasteiger partial charge is 0.490 e. The summed E-state index contributed by atoms with van der Waals surface area (Å²) in [6.07, 6.45) is 5.74. The summed E-state index contributed by atoms with van der Waals surface area (Å²) in [6, 6.07) is 8.20. The third kappa shape index (κ3) is 5.76. The van der Waals surface area contributed by atoms with E-state index >= 15 is 0 Å². The molecule has 4 nitrogen and oxygen atoms in total. The van der Waals surface area contributed by atoms with Crippen LogP contribution >= 0.6 is 0 Å². The molecule has 1 N–H and O–H groups in total. The minimum Gasteiger partial charge on any atom is -0.490 e. The summed E-state index contributed by atoms with van der Waals surface area (Å²) < 4.78 is 10.8. The molecule has 0 bridgehead atoms. The molecule has 0 radical (unpaired) electrons. The summed E-state index contributed by atoms with van der Waals surface area (Å²) >= 11 is 0. The highest BCUT2D eigenvalue weighted by molar-refractivity contribution is 5.69. The maximum absolute atomic E-state index is 11.2. The molecule has 1 aromatic rings. The number of ether oxygens (including phenoxy) is 2. The summed E-state index contributed by atoms with van der Waals surface area (Å²) in [5.74, 6) is 0.808. The fourth-order valence-electron chi connectivity index (χ4n) is 2.54. The van der Waals surface area contributed by atoms with Crippen LogP contribution in [0.25, 0.3) is 0 Å². The van der Waals surface area contributed by atoms with E-state index in [0.29, 0.717) is 25.7 Å². The summed E-state index contributed by atoms with van der Waals surface area (Å²) in [5.41, 5.74) is 1.19. The van der Waals surface area contributed by atoms with Gasteiger partial charge in [-0.2, -0.15) is 0 Å². The topological polar surface area (TPSA) is 47.6 Å². The summed E-state index contributed by atoms with van der Waals surface area (Å²) in [4.78, 5) is 11.2. The van der Waals surface area contributed by atoms with Crippen LogP contribution in [0.15, 0.2) is 24.3 Å². The Hall–Kier alpha value is -1.55. The van der Waals surface area contributed by atoms with E-state index in [9.17, 15) is 4.79 Å². The molecule has 0 aliphatic heterocycles. The molecule has 0 unspecified atom stereocenters. The number of hydrogen-bond donors (Lipinski definition) is 1. The maximum atomic E-state index is 11.2. The van der Waals surface area contributed by atoms with Crippen LogP contribution in [0.1, 0.15) is 44.6 Å². The maximum Gasteiger partial charge on any atom is 0.307 e. The Morgan fingerprint density at radius 1 is 1.24 bits per heavy atom. The van der Waals surface area contributed by atoms with Gasteiger partial charge in [0, 0.05) is 13.1 Å². The van der Waals surface area contributed by atoms with Crippen molar-refractivity contribution in [1.29, 1.82) is 0 Å².